The first-order valence-corrected chi connectivity index (χ1v) is 8.26. The summed E-state index contributed by atoms with van der Waals surface area (Å²) >= 11 is 0. The minimum absolute atomic E-state index is 0.0344. The Morgan fingerprint density at radius 1 is 1.09 bits per heavy atom. The van der Waals surface area contributed by atoms with E-state index in [4.69, 9.17) is 9.31 Å². The van der Waals surface area contributed by atoms with E-state index < -0.39 is 7.12 Å². The van der Waals surface area contributed by atoms with Crippen LogP contribution in [-0.2, 0) is 15.9 Å². The second-order valence-corrected chi connectivity index (χ2v) is 7.22. The number of hydrogen-bond donors (Lipinski definition) is 0. The van der Waals surface area contributed by atoms with Gasteiger partial charge in [-0.25, -0.2) is 0 Å². The summed E-state index contributed by atoms with van der Waals surface area (Å²) in [5.74, 6) is 0.520. The van der Waals surface area contributed by atoms with E-state index in [-0.39, 0.29) is 16.8 Å². The normalized spacial score (nSPS) is 19.9. The van der Waals surface area contributed by atoms with Gasteiger partial charge in [0.1, 0.15) is 0 Å². The van der Waals surface area contributed by atoms with E-state index in [2.05, 4.69) is 13.8 Å². The number of hydrogen-bond acceptors (Lipinski definition) is 3. The molecule has 1 fully saturated rings. The Morgan fingerprint density at radius 3 is 2.14 bits per heavy atom. The largest absolute Gasteiger partial charge is 0.496 e. The third-order valence-corrected chi connectivity index (χ3v) is 5.14. The average molecular weight is 305 g/mol. The minimum atomic E-state index is -0.418. The molecule has 0 unspecified atom stereocenters. The summed E-state index contributed by atoms with van der Waals surface area (Å²) in [6, 6.07) is 3.43. The summed E-state index contributed by atoms with van der Waals surface area (Å²) < 4.78 is 13.9. The maximum Gasteiger partial charge on any atom is 0.496 e. The number of aromatic nitrogens is 1. The molecule has 1 aliphatic heterocycles. The van der Waals surface area contributed by atoms with Crippen molar-refractivity contribution in [2.45, 2.75) is 72.1 Å². The maximum absolute atomic E-state index is 12.1. The summed E-state index contributed by atoms with van der Waals surface area (Å²) in [6.07, 6.45) is 4.04. The number of nitrogens with zero attached hydrogens (tertiary/aromatic N) is 1. The van der Waals surface area contributed by atoms with Crippen LogP contribution in [0.25, 0.3) is 0 Å². The fraction of sp³-hybridized carbons (Fsp3) is 0.706. The van der Waals surface area contributed by atoms with Gasteiger partial charge in [-0.15, -0.1) is 0 Å². The van der Waals surface area contributed by atoms with Crippen molar-refractivity contribution in [1.29, 1.82) is 0 Å². The topological polar surface area (TPSA) is 40.5 Å². The third-order valence-electron chi connectivity index (χ3n) is 5.14. The summed E-state index contributed by atoms with van der Waals surface area (Å²) in [4.78, 5) is 12.1. The second-order valence-electron chi connectivity index (χ2n) is 7.22. The summed E-state index contributed by atoms with van der Waals surface area (Å²) in [7, 11) is -0.418. The smallest absolute Gasteiger partial charge is 0.399 e. The molecule has 0 amide bonds. The number of pyridine rings is 1. The van der Waals surface area contributed by atoms with E-state index in [1.807, 2.05) is 40.0 Å². The van der Waals surface area contributed by atoms with Crippen molar-refractivity contribution in [3.05, 3.63) is 28.7 Å². The highest BCUT2D eigenvalue weighted by atomic mass is 16.7. The van der Waals surface area contributed by atoms with Crippen LogP contribution in [0.4, 0.5) is 0 Å². The van der Waals surface area contributed by atoms with Crippen molar-refractivity contribution in [1.82, 2.24) is 4.57 Å². The molecule has 122 valence electrons. The lowest BCUT2D eigenvalue weighted by atomic mass is 9.80. The summed E-state index contributed by atoms with van der Waals surface area (Å²) in [5.41, 5.74) is 0.207. The van der Waals surface area contributed by atoms with Crippen LogP contribution in [0.15, 0.2) is 23.1 Å². The van der Waals surface area contributed by atoms with Gasteiger partial charge >= 0.3 is 7.12 Å². The van der Waals surface area contributed by atoms with Gasteiger partial charge in [0.05, 0.1) is 11.2 Å². The van der Waals surface area contributed by atoms with Gasteiger partial charge in [0.2, 0.25) is 5.56 Å². The van der Waals surface area contributed by atoms with E-state index in [0.717, 1.165) is 24.8 Å². The van der Waals surface area contributed by atoms with Crippen molar-refractivity contribution in [2.24, 2.45) is 5.92 Å². The van der Waals surface area contributed by atoms with E-state index in [0.29, 0.717) is 5.92 Å². The maximum atomic E-state index is 12.1. The second kappa shape index (κ2) is 6.21. The molecular weight excluding hydrogens is 277 g/mol. The van der Waals surface area contributed by atoms with Crippen molar-refractivity contribution in [2.75, 3.05) is 0 Å². The van der Waals surface area contributed by atoms with Crippen LogP contribution in [0.5, 0.6) is 0 Å². The zero-order chi connectivity index (χ0) is 16.5. The minimum Gasteiger partial charge on any atom is -0.399 e. The van der Waals surface area contributed by atoms with E-state index in [1.165, 1.54) is 0 Å². The molecule has 0 aliphatic carbocycles. The van der Waals surface area contributed by atoms with Gasteiger partial charge in [-0.1, -0.05) is 32.8 Å². The molecule has 4 nitrogen and oxygen atoms in total. The molecule has 1 aromatic rings. The molecule has 22 heavy (non-hydrogen) atoms. The van der Waals surface area contributed by atoms with E-state index >= 15 is 0 Å². The first-order valence-electron chi connectivity index (χ1n) is 8.26. The summed E-state index contributed by atoms with van der Waals surface area (Å²) in [6.45, 7) is 13.2. The molecule has 1 saturated heterocycles. The van der Waals surface area contributed by atoms with Gasteiger partial charge in [0.15, 0.2) is 0 Å². The van der Waals surface area contributed by atoms with Gasteiger partial charge in [-0.2, -0.15) is 0 Å². The van der Waals surface area contributed by atoms with Crippen molar-refractivity contribution in [3.8, 4) is 0 Å². The van der Waals surface area contributed by atoms with E-state index in [1.54, 1.807) is 10.6 Å². The molecule has 0 atom stereocenters. The van der Waals surface area contributed by atoms with Gasteiger partial charge in [-0.05, 0) is 39.1 Å². The van der Waals surface area contributed by atoms with Gasteiger partial charge in [0.25, 0.3) is 0 Å². The monoisotopic (exact) mass is 305 g/mol. The van der Waals surface area contributed by atoms with Gasteiger partial charge in [0, 0.05) is 18.8 Å². The molecule has 0 bridgehead atoms. The molecule has 0 N–H and O–H groups in total. The van der Waals surface area contributed by atoms with E-state index in [9.17, 15) is 4.79 Å². The lowest BCUT2D eigenvalue weighted by Crippen LogP contribution is -2.41. The Hall–Kier alpha value is -1.07. The molecular formula is C17H28BNO3. The van der Waals surface area contributed by atoms with Crippen LogP contribution in [0.2, 0.25) is 0 Å². The van der Waals surface area contributed by atoms with Gasteiger partial charge < -0.3 is 13.9 Å². The standard InChI is InChI=1S/C17H28BNO3/c1-7-13(8-2)11-19-12-14(9-10-15(19)20)18-21-16(3,4)17(5,6)22-18/h9-10,12-13H,7-8,11H2,1-6H3. The van der Waals surface area contributed by atoms with Crippen LogP contribution in [0.1, 0.15) is 54.4 Å². The summed E-state index contributed by atoms with van der Waals surface area (Å²) in [5, 5.41) is 0. The van der Waals surface area contributed by atoms with Crippen LogP contribution in [0.3, 0.4) is 0 Å². The average Bonchev–Trinajstić information content (AvgIpc) is 2.66. The predicted octanol–water partition coefficient (Wildman–Crippen LogP) is 2.58. The zero-order valence-corrected chi connectivity index (χ0v) is 14.7. The molecule has 0 spiro atoms. The highest BCUT2D eigenvalue weighted by Crippen LogP contribution is 2.36. The fourth-order valence-corrected chi connectivity index (χ4v) is 2.64. The molecule has 1 aliphatic rings. The molecule has 1 aromatic heterocycles. The fourth-order valence-electron chi connectivity index (χ4n) is 2.64. The highest BCUT2D eigenvalue weighted by molar-refractivity contribution is 6.62. The van der Waals surface area contributed by atoms with Crippen LogP contribution in [-0.4, -0.2) is 22.9 Å². The Kier molecular flexibility index (Phi) is 4.88. The Labute approximate surface area is 134 Å². The molecule has 0 aromatic carbocycles. The van der Waals surface area contributed by atoms with Crippen molar-refractivity contribution >= 4 is 12.6 Å². The Morgan fingerprint density at radius 2 is 1.64 bits per heavy atom. The van der Waals surface area contributed by atoms with Crippen molar-refractivity contribution in [3.63, 3.8) is 0 Å². The lowest BCUT2D eigenvalue weighted by molar-refractivity contribution is 0.00578. The molecule has 2 rings (SSSR count). The lowest BCUT2D eigenvalue weighted by Gasteiger charge is -2.32. The third kappa shape index (κ3) is 3.30. The quantitative estimate of drug-likeness (QED) is 0.785. The highest BCUT2D eigenvalue weighted by Gasteiger charge is 2.51. The molecule has 0 saturated carbocycles. The van der Waals surface area contributed by atoms with Crippen LogP contribution in [0, 0.1) is 5.92 Å². The predicted molar refractivity (Wildman–Crippen MR) is 90.5 cm³/mol. The molecule has 2 heterocycles. The first-order chi connectivity index (χ1) is 10.2. The van der Waals surface area contributed by atoms with Crippen LogP contribution >= 0.6 is 0 Å². The van der Waals surface area contributed by atoms with Crippen molar-refractivity contribution < 1.29 is 9.31 Å². The zero-order valence-electron chi connectivity index (χ0n) is 14.7. The molecule has 5 heteroatoms. The number of rotatable bonds is 5. The Balaban J connectivity index is 2.25. The first kappa shape index (κ1) is 17.3. The van der Waals surface area contributed by atoms with Crippen LogP contribution < -0.4 is 11.0 Å². The molecule has 0 radical (unpaired) electrons. The van der Waals surface area contributed by atoms with Gasteiger partial charge in [-0.3, -0.25) is 4.79 Å². The SMILES string of the molecule is CCC(CC)Cn1cc(B2OC(C)(C)C(C)(C)O2)ccc1=O. The Bertz CT molecular complexity index is 560.